The molecule has 1 atom stereocenters. The third-order valence-corrected chi connectivity index (χ3v) is 2.36. The van der Waals surface area contributed by atoms with E-state index in [2.05, 4.69) is 15.9 Å². The Kier molecular flexibility index (Phi) is 6.25. The molecule has 1 aromatic rings. The van der Waals surface area contributed by atoms with E-state index in [0.717, 1.165) is 4.47 Å². The van der Waals surface area contributed by atoms with Crippen LogP contribution in [-0.2, 0) is 4.79 Å². The topological polar surface area (TPSA) is 80.4 Å². The summed E-state index contributed by atoms with van der Waals surface area (Å²) in [5, 5.41) is 8.55. The van der Waals surface area contributed by atoms with Crippen LogP contribution in [0.25, 0.3) is 0 Å². The van der Waals surface area contributed by atoms with Gasteiger partial charge in [-0.25, -0.2) is 0 Å². The van der Waals surface area contributed by atoms with Gasteiger partial charge >= 0.3 is 5.97 Å². The van der Waals surface area contributed by atoms with Crippen molar-refractivity contribution in [3.05, 3.63) is 34.3 Å². The maximum atomic E-state index is 11.5. The Morgan fingerprint density at radius 1 is 1.44 bits per heavy atom. The maximum Gasteiger partial charge on any atom is 0.320 e. The Balaban J connectivity index is 0.00000225. The van der Waals surface area contributed by atoms with Crippen LogP contribution in [-0.4, -0.2) is 22.9 Å². The number of carboxylic acids is 1. The lowest BCUT2D eigenvalue weighted by Crippen LogP contribution is -2.32. The Morgan fingerprint density at radius 2 is 2.06 bits per heavy atom. The highest BCUT2D eigenvalue weighted by Gasteiger charge is 2.17. The predicted molar refractivity (Wildman–Crippen MR) is 65.9 cm³/mol. The van der Waals surface area contributed by atoms with Crippen LogP contribution >= 0.6 is 28.3 Å². The lowest BCUT2D eigenvalue weighted by atomic mass is 10.0. The van der Waals surface area contributed by atoms with Crippen LogP contribution in [0.4, 0.5) is 0 Å². The average molecular weight is 309 g/mol. The van der Waals surface area contributed by atoms with Gasteiger partial charge in [-0.3, -0.25) is 9.59 Å². The van der Waals surface area contributed by atoms with Gasteiger partial charge in [-0.2, -0.15) is 0 Å². The summed E-state index contributed by atoms with van der Waals surface area (Å²) in [5.41, 5.74) is 5.72. The summed E-state index contributed by atoms with van der Waals surface area (Å²) >= 11 is 3.23. The molecule has 0 radical (unpaired) electrons. The smallest absolute Gasteiger partial charge is 0.320 e. The van der Waals surface area contributed by atoms with E-state index in [1.165, 1.54) is 0 Å². The van der Waals surface area contributed by atoms with Crippen molar-refractivity contribution < 1.29 is 14.7 Å². The van der Waals surface area contributed by atoms with Gasteiger partial charge in [0.2, 0.25) is 0 Å². The van der Waals surface area contributed by atoms with E-state index in [1.54, 1.807) is 24.3 Å². The lowest BCUT2D eigenvalue weighted by Gasteiger charge is -2.05. The first-order valence-corrected chi connectivity index (χ1v) is 5.07. The van der Waals surface area contributed by atoms with Crippen molar-refractivity contribution in [2.24, 2.45) is 5.73 Å². The molecule has 0 fully saturated rings. The highest BCUT2D eigenvalue weighted by molar-refractivity contribution is 9.10. The molecule has 0 aliphatic heterocycles. The van der Waals surface area contributed by atoms with Crippen LogP contribution in [0.15, 0.2) is 28.7 Å². The first-order valence-electron chi connectivity index (χ1n) is 4.28. The van der Waals surface area contributed by atoms with Gasteiger partial charge < -0.3 is 10.8 Å². The minimum atomic E-state index is -1.17. The highest BCUT2D eigenvalue weighted by atomic mass is 79.9. The molecule has 16 heavy (non-hydrogen) atoms. The summed E-state index contributed by atoms with van der Waals surface area (Å²) in [6.45, 7) is 0. The quantitative estimate of drug-likeness (QED) is 0.832. The zero-order valence-electron chi connectivity index (χ0n) is 8.22. The zero-order chi connectivity index (χ0) is 11.4. The van der Waals surface area contributed by atoms with Crippen LogP contribution in [0, 0.1) is 0 Å². The third kappa shape index (κ3) is 4.30. The fourth-order valence-electron chi connectivity index (χ4n) is 1.07. The van der Waals surface area contributed by atoms with Crippen LogP contribution in [0.5, 0.6) is 0 Å². The van der Waals surface area contributed by atoms with Gasteiger partial charge in [0, 0.05) is 16.5 Å². The molecule has 0 spiro atoms. The van der Waals surface area contributed by atoms with Crippen molar-refractivity contribution in [1.29, 1.82) is 0 Å². The van der Waals surface area contributed by atoms with Crippen molar-refractivity contribution in [1.82, 2.24) is 0 Å². The van der Waals surface area contributed by atoms with Crippen molar-refractivity contribution >= 4 is 40.1 Å². The first kappa shape index (κ1) is 15.1. The number of nitrogens with two attached hydrogens (primary N) is 1. The summed E-state index contributed by atoms with van der Waals surface area (Å²) in [6, 6.07) is 5.62. The largest absolute Gasteiger partial charge is 0.480 e. The Morgan fingerprint density at radius 3 is 2.56 bits per heavy atom. The highest BCUT2D eigenvalue weighted by Crippen LogP contribution is 2.13. The van der Waals surface area contributed by atoms with E-state index in [9.17, 15) is 9.59 Å². The minimum absolute atomic E-state index is 0. The predicted octanol–water partition coefficient (Wildman–Crippen LogP) is 1.86. The summed E-state index contributed by atoms with van der Waals surface area (Å²) in [5.74, 6) is -1.44. The molecule has 0 aliphatic rings. The van der Waals surface area contributed by atoms with E-state index in [4.69, 9.17) is 10.8 Å². The summed E-state index contributed by atoms with van der Waals surface area (Å²) in [6.07, 6.45) is -0.189. The summed E-state index contributed by atoms with van der Waals surface area (Å²) in [7, 11) is 0. The van der Waals surface area contributed by atoms with Crippen molar-refractivity contribution in [3.63, 3.8) is 0 Å². The van der Waals surface area contributed by atoms with E-state index in [-0.39, 0.29) is 24.6 Å². The van der Waals surface area contributed by atoms with Gasteiger partial charge in [0.25, 0.3) is 0 Å². The van der Waals surface area contributed by atoms with Crippen molar-refractivity contribution in [3.8, 4) is 0 Å². The molecule has 0 aromatic heterocycles. The average Bonchev–Trinajstić information content (AvgIpc) is 2.17. The Bertz CT molecular complexity index is 397. The molecular formula is C10H11BrClNO3. The number of hydrogen-bond acceptors (Lipinski definition) is 3. The molecule has 1 rings (SSSR count). The number of ketones is 1. The van der Waals surface area contributed by atoms with Crippen LogP contribution in [0.2, 0.25) is 0 Å². The first-order chi connectivity index (χ1) is 7.00. The van der Waals surface area contributed by atoms with E-state index >= 15 is 0 Å². The van der Waals surface area contributed by atoms with Crippen LogP contribution in [0.3, 0.4) is 0 Å². The zero-order valence-corrected chi connectivity index (χ0v) is 10.6. The number of carbonyl (C=O) groups excluding carboxylic acids is 1. The molecule has 0 bridgehead atoms. The summed E-state index contributed by atoms with van der Waals surface area (Å²) in [4.78, 5) is 22.0. The fourth-order valence-corrected chi connectivity index (χ4v) is 1.47. The molecule has 0 unspecified atom stereocenters. The number of rotatable bonds is 4. The molecular weight excluding hydrogens is 297 g/mol. The number of aliphatic carboxylic acids is 1. The second kappa shape index (κ2) is 6.62. The molecule has 3 N–H and O–H groups in total. The Labute approximate surface area is 107 Å². The molecule has 4 nitrogen and oxygen atoms in total. The fraction of sp³-hybridized carbons (Fsp3) is 0.200. The number of halogens is 2. The molecule has 0 saturated heterocycles. The van der Waals surface area contributed by atoms with Crippen LogP contribution in [0.1, 0.15) is 16.8 Å². The number of carbonyl (C=O) groups is 2. The molecule has 0 aliphatic carbocycles. The van der Waals surface area contributed by atoms with Gasteiger partial charge in [0.15, 0.2) is 5.78 Å². The van der Waals surface area contributed by atoms with Gasteiger partial charge in [-0.05, 0) is 12.1 Å². The van der Waals surface area contributed by atoms with Crippen LogP contribution < -0.4 is 5.73 Å². The van der Waals surface area contributed by atoms with E-state index < -0.39 is 12.0 Å². The standard InChI is InChI=1S/C10H10BrNO3.ClH/c11-7-3-1-2-6(4-7)9(13)5-8(12)10(14)15;/h1-4,8H,5,12H2,(H,14,15);1H/t8-;/m0./s1. The van der Waals surface area contributed by atoms with Gasteiger partial charge in [0.1, 0.15) is 6.04 Å². The van der Waals surface area contributed by atoms with E-state index in [1.807, 2.05) is 0 Å². The lowest BCUT2D eigenvalue weighted by molar-refractivity contribution is -0.138. The number of benzene rings is 1. The number of Topliss-reactive ketones (excluding diaryl/α,β-unsaturated/α-hetero) is 1. The molecule has 6 heteroatoms. The third-order valence-electron chi connectivity index (χ3n) is 1.87. The SMILES string of the molecule is Cl.N[C@@H](CC(=O)c1cccc(Br)c1)C(=O)O. The van der Waals surface area contributed by atoms with Gasteiger partial charge in [-0.15, -0.1) is 12.4 Å². The second-order valence-electron chi connectivity index (χ2n) is 3.08. The van der Waals surface area contributed by atoms with Crippen molar-refractivity contribution in [2.45, 2.75) is 12.5 Å². The van der Waals surface area contributed by atoms with Gasteiger partial charge in [-0.1, -0.05) is 28.1 Å². The Hall–Kier alpha value is -0.910. The molecule has 1 aromatic carbocycles. The monoisotopic (exact) mass is 307 g/mol. The molecule has 0 amide bonds. The molecule has 0 heterocycles. The van der Waals surface area contributed by atoms with E-state index in [0.29, 0.717) is 5.56 Å². The molecule has 0 saturated carbocycles. The van der Waals surface area contributed by atoms with Crippen molar-refractivity contribution in [2.75, 3.05) is 0 Å². The normalized spacial score (nSPS) is 11.4. The second-order valence-corrected chi connectivity index (χ2v) is 4.00. The summed E-state index contributed by atoms with van der Waals surface area (Å²) < 4.78 is 0.775. The maximum absolute atomic E-state index is 11.5. The van der Waals surface area contributed by atoms with Gasteiger partial charge in [0.05, 0.1) is 0 Å². The molecule has 88 valence electrons. The number of hydrogen-bond donors (Lipinski definition) is 2. The number of carboxylic acid groups (broad SMARTS) is 1. The minimum Gasteiger partial charge on any atom is -0.480 e.